The summed E-state index contributed by atoms with van der Waals surface area (Å²) in [5, 5.41) is 3.03. The highest BCUT2D eigenvalue weighted by atomic mass is 16.5. The van der Waals surface area contributed by atoms with Gasteiger partial charge in [0.1, 0.15) is 11.6 Å². The Labute approximate surface area is 159 Å². The van der Waals surface area contributed by atoms with E-state index in [1.807, 2.05) is 31.3 Å². The summed E-state index contributed by atoms with van der Waals surface area (Å²) in [5.41, 5.74) is 5.88. The van der Waals surface area contributed by atoms with Crippen LogP contribution in [-0.2, 0) is 37.6 Å². The van der Waals surface area contributed by atoms with Gasteiger partial charge in [-0.2, -0.15) is 0 Å². The number of nitrogens with one attached hydrogen (secondary N) is 1. The van der Waals surface area contributed by atoms with Crippen LogP contribution in [0, 0.1) is 0 Å². The SMILES string of the molecule is COc1cc2c(cc1CNC(=O)CCc1nc3ccccc3n1C)CCC2. The molecule has 0 bridgehead atoms. The van der Waals surface area contributed by atoms with Crippen molar-refractivity contribution in [3.8, 4) is 5.75 Å². The predicted molar refractivity (Wildman–Crippen MR) is 106 cm³/mol. The van der Waals surface area contributed by atoms with Gasteiger partial charge in [-0.15, -0.1) is 0 Å². The van der Waals surface area contributed by atoms with Gasteiger partial charge in [0.2, 0.25) is 5.91 Å². The molecule has 27 heavy (non-hydrogen) atoms. The first-order valence-corrected chi connectivity index (χ1v) is 9.51. The van der Waals surface area contributed by atoms with Gasteiger partial charge in [-0.25, -0.2) is 4.98 Å². The molecule has 3 aromatic rings. The minimum atomic E-state index is 0.0320. The summed E-state index contributed by atoms with van der Waals surface area (Å²) in [5.74, 6) is 1.83. The zero-order chi connectivity index (χ0) is 18.8. The molecule has 0 saturated heterocycles. The smallest absolute Gasteiger partial charge is 0.220 e. The zero-order valence-electron chi connectivity index (χ0n) is 15.9. The number of para-hydroxylation sites is 2. The van der Waals surface area contributed by atoms with Crippen LogP contribution in [-0.4, -0.2) is 22.6 Å². The van der Waals surface area contributed by atoms with Gasteiger partial charge in [-0.05, 0) is 48.6 Å². The van der Waals surface area contributed by atoms with Crippen molar-refractivity contribution in [1.29, 1.82) is 0 Å². The number of benzene rings is 2. The molecule has 0 fully saturated rings. The van der Waals surface area contributed by atoms with Crippen molar-refractivity contribution in [3.63, 3.8) is 0 Å². The van der Waals surface area contributed by atoms with E-state index in [0.29, 0.717) is 19.4 Å². The van der Waals surface area contributed by atoms with Crippen molar-refractivity contribution in [2.24, 2.45) is 7.05 Å². The molecule has 5 heteroatoms. The lowest BCUT2D eigenvalue weighted by Crippen LogP contribution is -2.23. The predicted octanol–water partition coefficient (Wildman–Crippen LogP) is 3.32. The van der Waals surface area contributed by atoms with Gasteiger partial charge in [-0.1, -0.05) is 18.2 Å². The van der Waals surface area contributed by atoms with Crippen LogP contribution in [0.2, 0.25) is 0 Å². The molecule has 1 amide bonds. The van der Waals surface area contributed by atoms with Crippen LogP contribution in [0.4, 0.5) is 0 Å². The number of aromatic nitrogens is 2. The number of imidazole rings is 1. The summed E-state index contributed by atoms with van der Waals surface area (Å²) in [4.78, 5) is 17.0. The standard InChI is InChI=1S/C22H25N3O2/c1-25-19-9-4-3-8-18(19)24-21(25)10-11-22(26)23-14-17-12-15-6-5-7-16(15)13-20(17)27-2/h3-4,8-9,12-13H,5-7,10-11,14H2,1-2H3,(H,23,26). The summed E-state index contributed by atoms with van der Waals surface area (Å²) in [6, 6.07) is 12.3. The molecule has 0 unspecified atom stereocenters. The van der Waals surface area contributed by atoms with Crippen LogP contribution >= 0.6 is 0 Å². The number of nitrogens with zero attached hydrogens (tertiary/aromatic N) is 2. The van der Waals surface area contributed by atoms with E-state index < -0.39 is 0 Å². The van der Waals surface area contributed by atoms with E-state index in [2.05, 4.69) is 27.0 Å². The van der Waals surface area contributed by atoms with Gasteiger partial charge in [0, 0.05) is 32.0 Å². The number of methoxy groups -OCH3 is 1. The number of ether oxygens (including phenoxy) is 1. The molecular weight excluding hydrogens is 338 g/mol. The Morgan fingerprint density at radius 2 is 2.00 bits per heavy atom. The number of aryl methyl sites for hydroxylation is 4. The van der Waals surface area contributed by atoms with Crippen molar-refractivity contribution in [1.82, 2.24) is 14.9 Å². The first-order chi connectivity index (χ1) is 13.2. The van der Waals surface area contributed by atoms with Gasteiger partial charge in [-0.3, -0.25) is 4.79 Å². The van der Waals surface area contributed by atoms with E-state index in [1.165, 1.54) is 17.5 Å². The molecule has 0 radical (unpaired) electrons. The van der Waals surface area contributed by atoms with E-state index in [1.54, 1.807) is 7.11 Å². The molecule has 4 rings (SSSR count). The van der Waals surface area contributed by atoms with Crippen molar-refractivity contribution < 1.29 is 9.53 Å². The van der Waals surface area contributed by atoms with Gasteiger partial charge >= 0.3 is 0 Å². The number of rotatable bonds is 6. The lowest BCUT2D eigenvalue weighted by Gasteiger charge is -2.12. The minimum Gasteiger partial charge on any atom is -0.496 e. The Morgan fingerprint density at radius 1 is 1.22 bits per heavy atom. The second kappa shape index (κ2) is 7.43. The molecule has 1 aromatic heterocycles. The number of hydrogen-bond donors (Lipinski definition) is 1. The van der Waals surface area contributed by atoms with E-state index in [0.717, 1.165) is 41.0 Å². The molecule has 2 aromatic carbocycles. The quantitative estimate of drug-likeness (QED) is 0.731. The van der Waals surface area contributed by atoms with Crippen LogP contribution in [0.15, 0.2) is 36.4 Å². The normalized spacial score (nSPS) is 13.0. The van der Waals surface area contributed by atoms with E-state index in [-0.39, 0.29) is 5.91 Å². The van der Waals surface area contributed by atoms with E-state index >= 15 is 0 Å². The fourth-order valence-electron chi connectivity index (χ4n) is 3.91. The maximum Gasteiger partial charge on any atom is 0.220 e. The summed E-state index contributed by atoms with van der Waals surface area (Å²) >= 11 is 0. The number of amides is 1. The van der Waals surface area contributed by atoms with Crippen molar-refractivity contribution in [2.75, 3.05) is 7.11 Å². The lowest BCUT2D eigenvalue weighted by molar-refractivity contribution is -0.121. The van der Waals surface area contributed by atoms with E-state index in [4.69, 9.17) is 4.74 Å². The lowest BCUT2D eigenvalue weighted by atomic mass is 10.0. The Hall–Kier alpha value is -2.82. The topological polar surface area (TPSA) is 56.1 Å². The summed E-state index contributed by atoms with van der Waals surface area (Å²) in [7, 11) is 3.69. The largest absolute Gasteiger partial charge is 0.496 e. The minimum absolute atomic E-state index is 0.0320. The Morgan fingerprint density at radius 3 is 2.78 bits per heavy atom. The number of hydrogen-bond acceptors (Lipinski definition) is 3. The molecule has 0 saturated carbocycles. The number of fused-ring (bicyclic) bond motifs is 2. The third-order valence-electron chi connectivity index (χ3n) is 5.43. The van der Waals surface area contributed by atoms with Gasteiger partial charge in [0.15, 0.2) is 0 Å². The highest BCUT2D eigenvalue weighted by Gasteiger charge is 2.16. The van der Waals surface area contributed by atoms with Crippen LogP contribution in [0.5, 0.6) is 5.75 Å². The van der Waals surface area contributed by atoms with Crippen LogP contribution < -0.4 is 10.1 Å². The first-order valence-electron chi connectivity index (χ1n) is 9.51. The number of carbonyl (C=O) groups excluding carboxylic acids is 1. The third kappa shape index (κ3) is 3.54. The fraction of sp³-hybridized carbons (Fsp3) is 0.364. The second-order valence-electron chi connectivity index (χ2n) is 7.14. The fourth-order valence-corrected chi connectivity index (χ4v) is 3.91. The number of carbonyl (C=O) groups is 1. The van der Waals surface area contributed by atoms with E-state index in [9.17, 15) is 4.79 Å². The van der Waals surface area contributed by atoms with Gasteiger partial charge < -0.3 is 14.6 Å². The van der Waals surface area contributed by atoms with Gasteiger partial charge in [0.25, 0.3) is 0 Å². The van der Waals surface area contributed by atoms with Crippen molar-refractivity contribution >= 4 is 16.9 Å². The first kappa shape index (κ1) is 17.6. The summed E-state index contributed by atoms with van der Waals surface area (Å²) in [6.45, 7) is 0.498. The highest BCUT2D eigenvalue weighted by Crippen LogP contribution is 2.29. The molecule has 1 heterocycles. The van der Waals surface area contributed by atoms with Crippen molar-refractivity contribution in [3.05, 3.63) is 58.9 Å². The Kier molecular flexibility index (Phi) is 4.84. The Balaban J connectivity index is 1.38. The zero-order valence-corrected chi connectivity index (χ0v) is 15.9. The van der Waals surface area contributed by atoms with Crippen molar-refractivity contribution in [2.45, 2.75) is 38.6 Å². The maximum atomic E-state index is 12.4. The molecule has 1 aliphatic rings. The molecular formula is C22H25N3O2. The molecule has 0 atom stereocenters. The average molecular weight is 363 g/mol. The third-order valence-corrected chi connectivity index (χ3v) is 5.43. The molecule has 0 spiro atoms. The molecule has 140 valence electrons. The second-order valence-corrected chi connectivity index (χ2v) is 7.14. The highest BCUT2D eigenvalue weighted by molar-refractivity contribution is 5.77. The molecule has 5 nitrogen and oxygen atoms in total. The Bertz CT molecular complexity index is 991. The molecule has 1 N–H and O–H groups in total. The maximum absolute atomic E-state index is 12.4. The average Bonchev–Trinajstić information content (AvgIpc) is 3.28. The summed E-state index contributed by atoms with van der Waals surface area (Å²) < 4.78 is 7.58. The van der Waals surface area contributed by atoms with Crippen LogP contribution in [0.1, 0.15) is 35.4 Å². The van der Waals surface area contributed by atoms with Crippen LogP contribution in [0.3, 0.4) is 0 Å². The molecule has 0 aliphatic heterocycles. The molecule has 1 aliphatic carbocycles. The summed E-state index contributed by atoms with van der Waals surface area (Å²) in [6.07, 6.45) is 4.48. The van der Waals surface area contributed by atoms with Gasteiger partial charge in [0.05, 0.1) is 18.1 Å². The monoisotopic (exact) mass is 363 g/mol. The van der Waals surface area contributed by atoms with Crippen LogP contribution in [0.25, 0.3) is 11.0 Å².